The number of aromatic nitrogens is 1. The molecular weight excluding hydrogens is 280 g/mol. The molecule has 23 heavy (non-hydrogen) atoms. The molecule has 1 aromatic heterocycles. The zero-order valence-electron chi connectivity index (χ0n) is 13.2. The maximum Gasteiger partial charge on any atom is 0.220 e. The number of fused-ring (bicyclic) bond motifs is 3. The molecule has 0 spiro atoms. The SMILES string of the molecule is CC[n+]1c(-c2ccccc2)c2ccccc2c2c(N)cccc21. The molecule has 0 fully saturated rings. The fourth-order valence-corrected chi connectivity index (χ4v) is 3.49. The maximum atomic E-state index is 6.32. The Morgan fingerprint density at radius 2 is 1.48 bits per heavy atom. The van der Waals surface area contributed by atoms with Gasteiger partial charge in [0.15, 0.2) is 0 Å². The summed E-state index contributed by atoms with van der Waals surface area (Å²) in [5.74, 6) is 0. The molecule has 0 radical (unpaired) electrons. The molecule has 4 aromatic rings. The first-order valence-corrected chi connectivity index (χ1v) is 7.99. The molecular formula is C21H19N2+. The van der Waals surface area contributed by atoms with E-state index in [4.69, 9.17) is 5.73 Å². The van der Waals surface area contributed by atoms with Crippen LogP contribution in [-0.4, -0.2) is 0 Å². The van der Waals surface area contributed by atoms with Crippen LogP contribution in [-0.2, 0) is 6.54 Å². The predicted molar refractivity (Wildman–Crippen MR) is 97.2 cm³/mol. The van der Waals surface area contributed by atoms with Crippen molar-refractivity contribution >= 4 is 27.4 Å². The average molecular weight is 299 g/mol. The molecule has 2 heteroatoms. The van der Waals surface area contributed by atoms with Crippen LogP contribution in [0.5, 0.6) is 0 Å². The normalized spacial score (nSPS) is 11.2. The lowest BCUT2D eigenvalue weighted by Crippen LogP contribution is -2.36. The van der Waals surface area contributed by atoms with Crippen LogP contribution in [0, 0.1) is 0 Å². The van der Waals surface area contributed by atoms with E-state index in [9.17, 15) is 0 Å². The van der Waals surface area contributed by atoms with Gasteiger partial charge in [-0.15, -0.1) is 0 Å². The summed E-state index contributed by atoms with van der Waals surface area (Å²) in [7, 11) is 0. The lowest BCUT2D eigenvalue weighted by Gasteiger charge is -2.12. The highest BCUT2D eigenvalue weighted by Crippen LogP contribution is 2.33. The number of nitrogen functional groups attached to an aromatic ring is 1. The van der Waals surface area contributed by atoms with Gasteiger partial charge in [0, 0.05) is 22.7 Å². The van der Waals surface area contributed by atoms with E-state index >= 15 is 0 Å². The van der Waals surface area contributed by atoms with Crippen molar-refractivity contribution < 1.29 is 4.57 Å². The molecule has 0 unspecified atom stereocenters. The number of hydrogen-bond acceptors (Lipinski definition) is 1. The Bertz CT molecular complexity index is 1000. The third-order valence-electron chi connectivity index (χ3n) is 4.45. The number of benzene rings is 3. The zero-order chi connectivity index (χ0) is 15.8. The largest absolute Gasteiger partial charge is 0.398 e. The number of hydrogen-bond donors (Lipinski definition) is 1. The molecule has 112 valence electrons. The van der Waals surface area contributed by atoms with Crippen molar-refractivity contribution in [2.45, 2.75) is 13.5 Å². The molecule has 0 saturated heterocycles. The Morgan fingerprint density at radius 1 is 0.783 bits per heavy atom. The van der Waals surface area contributed by atoms with Crippen molar-refractivity contribution in [1.29, 1.82) is 0 Å². The Labute approximate surface area is 135 Å². The van der Waals surface area contributed by atoms with Crippen LogP contribution >= 0.6 is 0 Å². The fraction of sp³-hybridized carbons (Fsp3) is 0.0952. The minimum atomic E-state index is 0.834. The summed E-state index contributed by atoms with van der Waals surface area (Å²) in [4.78, 5) is 0. The molecule has 0 aliphatic carbocycles. The smallest absolute Gasteiger partial charge is 0.220 e. The highest BCUT2D eigenvalue weighted by molar-refractivity contribution is 6.13. The molecule has 0 bridgehead atoms. The molecule has 3 aromatic carbocycles. The minimum absolute atomic E-state index is 0.834. The highest BCUT2D eigenvalue weighted by Gasteiger charge is 2.22. The topological polar surface area (TPSA) is 29.9 Å². The number of pyridine rings is 1. The van der Waals surface area contributed by atoms with Gasteiger partial charge in [-0.3, -0.25) is 0 Å². The third kappa shape index (κ3) is 2.07. The van der Waals surface area contributed by atoms with Gasteiger partial charge in [-0.05, 0) is 31.2 Å². The number of aryl methyl sites for hydroxylation is 1. The second-order valence-corrected chi connectivity index (χ2v) is 5.75. The minimum Gasteiger partial charge on any atom is -0.398 e. The Balaban J connectivity index is 2.29. The van der Waals surface area contributed by atoms with Crippen LogP contribution in [0.25, 0.3) is 32.9 Å². The van der Waals surface area contributed by atoms with Gasteiger partial charge >= 0.3 is 0 Å². The number of anilines is 1. The summed E-state index contributed by atoms with van der Waals surface area (Å²) in [6, 6.07) is 25.3. The second-order valence-electron chi connectivity index (χ2n) is 5.75. The van der Waals surface area contributed by atoms with E-state index in [2.05, 4.69) is 72.2 Å². The summed E-state index contributed by atoms with van der Waals surface area (Å²) in [6.07, 6.45) is 0. The van der Waals surface area contributed by atoms with Crippen molar-refractivity contribution in [2.24, 2.45) is 0 Å². The van der Waals surface area contributed by atoms with E-state index < -0.39 is 0 Å². The fourth-order valence-electron chi connectivity index (χ4n) is 3.49. The molecule has 2 nitrogen and oxygen atoms in total. The van der Waals surface area contributed by atoms with Gasteiger partial charge in [0.1, 0.15) is 6.54 Å². The quantitative estimate of drug-likeness (QED) is 0.328. The van der Waals surface area contributed by atoms with Gasteiger partial charge in [-0.2, -0.15) is 4.57 Å². The molecule has 0 saturated carbocycles. The number of rotatable bonds is 2. The number of nitrogens with zero attached hydrogens (tertiary/aromatic N) is 1. The molecule has 0 aliphatic heterocycles. The van der Waals surface area contributed by atoms with E-state index in [0.717, 1.165) is 17.6 Å². The van der Waals surface area contributed by atoms with Crippen molar-refractivity contribution in [3.63, 3.8) is 0 Å². The predicted octanol–water partition coefficient (Wildman–Crippen LogP) is 4.55. The van der Waals surface area contributed by atoms with Gasteiger partial charge in [0.05, 0.1) is 10.8 Å². The number of nitrogens with two attached hydrogens (primary N) is 1. The molecule has 1 heterocycles. The first kappa shape index (κ1) is 13.8. The van der Waals surface area contributed by atoms with Crippen LogP contribution < -0.4 is 10.3 Å². The van der Waals surface area contributed by atoms with Gasteiger partial charge in [0.25, 0.3) is 0 Å². The standard InChI is InChI=1S/C21H18N2/c1-2-23-19-14-8-13-18(22)20(19)16-11-6-7-12-17(16)21(23)15-9-4-3-5-10-15/h3-14,22H,2H2,1H3/p+1. The maximum absolute atomic E-state index is 6.32. The van der Waals surface area contributed by atoms with Gasteiger partial charge in [-0.1, -0.05) is 42.5 Å². The highest BCUT2D eigenvalue weighted by atomic mass is 15.0. The zero-order valence-corrected chi connectivity index (χ0v) is 13.2. The van der Waals surface area contributed by atoms with E-state index in [1.165, 1.54) is 27.5 Å². The first-order valence-electron chi connectivity index (χ1n) is 7.99. The monoisotopic (exact) mass is 299 g/mol. The Hall–Kier alpha value is -2.87. The summed E-state index contributed by atoms with van der Waals surface area (Å²) in [5, 5.41) is 3.60. The molecule has 0 amide bonds. The molecule has 0 atom stereocenters. The van der Waals surface area contributed by atoms with Crippen LogP contribution in [0.4, 0.5) is 5.69 Å². The summed E-state index contributed by atoms with van der Waals surface area (Å²) in [5.41, 5.74) is 10.8. The first-order chi connectivity index (χ1) is 11.3. The van der Waals surface area contributed by atoms with Crippen molar-refractivity contribution in [1.82, 2.24) is 0 Å². The second kappa shape index (κ2) is 5.40. The van der Waals surface area contributed by atoms with Gasteiger partial charge in [-0.25, -0.2) is 0 Å². The Morgan fingerprint density at radius 3 is 2.22 bits per heavy atom. The van der Waals surface area contributed by atoms with Crippen LogP contribution in [0.3, 0.4) is 0 Å². The van der Waals surface area contributed by atoms with E-state index in [0.29, 0.717) is 0 Å². The van der Waals surface area contributed by atoms with Gasteiger partial charge in [0.2, 0.25) is 11.2 Å². The molecule has 4 rings (SSSR count). The van der Waals surface area contributed by atoms with Crippen LogP contribution in [0.15, 0.2) is 72.8 Å². The summed E-state index contributed by atoms with van der Waals surface area (Å²) in [6.45, 7) is 3.08. The third-order valence-corrected chi connectivity index (χ3v) is 4.45. The van der Waals surface area contributed by atoms with Crippen molar-refractivity contribution in [3.8, 4) is 11.3 Å². The van der Waals surface area contributed by atoms with Crippen molar-refractivity contribution in [2.75, 3.05) is 5.73 Å². The van der Waals surface area contributed by atoms with Crippen LogP contribution in [0.1, 0.15) is 6.92 Å². The average Bonchev–Trinajstić information content (AvgIpc) is 2.61. The van der Waals surface area contributed by atoms with Crippen molar-refractivity contribution in [3.05, 3.63) is 72.8 Å². The van der Waals surface area contributed by atoms with E-state index in [-0.39, 0.29) is 0 Å². The Kier molecular flexibility index (Phi) is 3.23. The van der Waals surface area contributed by atoms with Crippen LogP contribution in [0.2, 0.25) is 0 Å². The van der Waals surface area contributed by atoms with Gasteiger partial charge < -0.3 is 5.73 Å². The lowest BCUT2D eigenvalue weighted by molar-refractivity contribution is -0.655. The van der Waals surface area contributed by atoms with E-state index in [1.807, 2.05) is 12.1 Å². The summed E-state index contributed by atoms with van der Waals surface area (Å²) < 4.78 is 2.36. The molecule has 2 N–H and O–H groups in total. The lowest BCUT2D eigenvalue weighted by atomic mass is 9.98. The summed E-state index contributed by atoms with van der Waals surface area (Å²) >= 11 is 0. The molecule has 0 aliphatic rings. The van der Waals surface area contributed by atoms with E-state index in [1.54, 1.807) is 0 Å².